The van der Waals surface area contributed by atoms with Crippen LogP contribution in [0.1, 0.15) is 44.6 Å². The van der Waals surface area contributed by atoms with Gasteiger partial charge in [0, 0.05) is 6.07 Å². The summed E-state index contributed by atoms with van der Waals surface area (Å²) in [6.45, 7) is 3.27. The van der Waals surface area contributed by atoms with Crippen molar-refractivity contribution in [2.75, 3.05) is 13.2 Å². The number of nitrogens with zero attached hydrogens (tertiary/aromatic N) is 1. The van der Waals surface area contributed by atoms with Crippen LogP contribution in [0, 0.1) is 17.2 Å². The molecule has 1 aliphatic rings. The summed E-state index contributed by atoms with van der Waals surface area (Å²) < 4.78 is 11.4. The molecule has 1 aliphatic carbocycles. The largest absolute Gasteiger partial charge is 0.490 e. The summed E-state index contributed by atoms with van der Waals surface area (Å²) in [5.41, 5.74) is 0.605. The second kappa shape index (κ2) is 7.04. The van der Waals surface area contributed by atoms with E-state index in [9.17, 15) is 0 Å². The molecule has 102 valence electrons. The maximum atomic E-state index is 8.91. The van der Waals surface area contributed by atoms with Gasteiger partial charge in [0.25, 0.3) is 0 Å². The zero-order valence-corrected chi connectivity index (χ0v) is 11.5. The second-order valence-electron chi connectivity index (χ2n) is 5.02. The molecule has 0 aliphatic heterocycles. The Morgan fingerprint density at radius 3 is 2.63 bits per heavy atom. The van der Waals surface area contributed by atoms with Gasteiger partial charge in [0.15, 0.2) is 11.5 Å². The number of rotatable bonds is 5. The van der Waals surface area contributed by atoms with Crippen molar-refractivity contribution in [2.45, 2.75) is 39.0 Å². The molecule has 1 saturated carbocycles. The number of hydrogen-bond donors (Lipinski definition) is 0. The van der Waals surface area contributed by atoms with Crippen molar-refractivity contribution in [2.24, 2.45) is 5.92 Å². The van der Waals surface area contributed by atoms with Crippen LogP contribution >= 0.6 is 0 Å². The summed E-state index contributed by atoms with van der Waals surface area (Å²) in [6, 6.07) is 7.49. The van der Waals surface area contributed by atoms with Crippen molar-refractivity contribution < 1.29 is 9.47 Å². The van der Waals surface area contributed by atoms with E-state index < -0.39 is 0 Å². The van der Waals surface area contributed by atoms with Crippen LogP contribution in [0.3, 0.4) is 0 Å². The number of hydrogen-bond acceptors (Lipinski definition) is 3. The Morgan fingerprint density at radius 1 is 1.16 bits per heavy atom. The molecule has 1 fully saturated rings. The Bertz CT molecular complexity index is 445. The number of ether oxygens (including phenoxy) is 2. The molecule has 19 heavy (non-hydrogen) atoms. The summed E-state index contributed by atoms with van der Waals surface area (Å²) >= 11 is 0. The van der Waals surface area contributed by atoms with Gasteiger partial charge in [-0.3, -0.25) is 0 Å². The Balaban J connectivity index is 2.00. The van der Waals surface area contributed by atoms with Crippen molar-refractivity contribution in [1.82, 2.24) is 0 Å². The predicted octanol–water partition coefficient (Wildman–Crippen LogP) is 3.92. The summed E-state index contributed by atoms with van der Waals surface area (Å²) in [4.78, 5) is 0. The molecule has 0 saturated heterocycles. The Kier molecular flexibility index (Phi) is 5.09. The van der Waals surface area contributed by atoms with Gasteiger partial charge in [0.2, 0.25) is 0 Å². The minimum atomic E-state index is 0.578. The fourth-order valence-electron chi connectivity index (χ4n) is 2.53. The molecule has 0 bridgehead atoms. The molecule has 0 heterocycles. The second-order valence-corrected chi connectivity index (χ2v) is 5.02. The van der Waals surface area contributed by atoms with E-state index in [-0.39, 0.29) is 0 Å². The monoisotopic (exact) mass is 259 g/mol. The van der Waals surface area contributed by atoms with Crippen LogP contribution in [0.5, 0.6) is 11.5 Å². The molecule has 0 radical (unpaired) electrons. The molecule has 0 aromatic heterocycles. The molecule has 2 rings (SSSR count). The highest BCUT2D eigenvalue weighted by Gasteiger charge is 2.15. The lowest BCUT2D eigenvalue weighted by molar-refractivity contribution is 0.199. The fourth-order valence-corrected chi connectivity index (χ4v) is 2.53. The minimum Gasteiger partial charge on any atom is -0.490 e. The molecule has 0 unspecified atom stereocenters. The summed E-state index contributed by atoms with van der Waals surface area (Å²) in [7, 11) is 0. The average Bonchev–Trinajstić information content (AvgIpc) is 2.47. The van der Waals surface area contributed by atoms with E-state index >= 15 is 0 Å². The molecule has 1 aromatic rings. The zero-order chi connectivity index (χ0) is 13.5. The topological polar surface area (TPSA) is 42.2 Å². The first-order valence-corrected chi connectivity index (χ1v) is 7.13. The van der Waals surface area contributed by atoms with E-state index in [4.69, 9.17) is 14.7 Å². The van der Waals surface area contributed by atoms with Crippen molar-refractivity contribution in [1.29, 1.82) is 5.26 Å². The number of benzene rings is 1. The quantitative estimate of drug-likeness (QED) is 0.805. The molecule has 1 aromatic carbocycles. The van der Waals surface area contributed by atoms with Gasteiger partial charge in [-0.25, -0.2) is 0 Å². The SMILES string of the molecule is CCOc1cc(C#N)ccc1OCC1CCCCC1. The van der Waals surface area contributed by atoms with Crippen LogP contribution in [0.2, 0.25) is 0 Å². The average molecular weight is 259 g/mol. The first-order valence-electron chi connectivity index (χ1n) is 7.13. The predicted molar refractivity (Wildman–Crippen MR) is 74.4 cm³/mol. The molecule has 3 heteroatoms. The maximum Gasteiger partial charge on any atom is 0.162 e. The van der Waals surface area contributed by atoms with Gasteiger partial charge in [0.05, 0.1) is 24.8 Å². The van der Waals surface area contributed by atoms with Crippen LogP contribution in [0.15, 0.2) is 18.2 Å². The van der Waals surface area contributed by atoms with Gasteiger partial charge in [-0.2, -0.15) is 5.26 Å². The van der Waals surface area contributed by atoms with Crippen molar-refractivity contribution in [3.05, 3.63) is 23.8 Å². The first kappa shape index (κ1) is 13.7. The fraction of sp³-hybridized carbons (Fsp3) is 0.562. The highest BCUT2D eigenvalue weighted by molar-refractivity contribution is 5.46. The molecule has 3 nitrogen and oxygen atoms in total. The third kappa shape index (κ3) is 3.89. The van der Waals surface area contributed by atoms with Gasteiger partial charge in [-0.05, 0) is 37.8 Å². The third-order valence-corrected chi connectivity index (χ3v) is 3.57. The van der Waals surface area contributed by atoms with Crippen LogP contribution in [-0.4, -0.2) is 13.2 Å². The van der Waals surface area contributed by atoms with E-state index in [0.717, 1.165) is 12.4 Å². The molecular formula is C16H21NO2. The molecule has 0 atom stereocenters. The van der Waals surface area contributed by atoms with Crippen LogP contribution < -0.4 is 9.47 Å². The first-order chi connectivity index (χ1) is 9.33. The third-order valence-electron chi connectivity index (χ3n) is 3.57. The van der Waals surface area contributed by atoms with E-state index in [1.807, 2.05) is 13.0 Å². The zero-order valence-electron chi connectivity index (χ0n) is 11.5. The Morgan fingerprint density at radius 2 is 1.95 bits per heavy atom. The standard InChI is InChI=1S/C16H21NO2/c1-2-18-16-10-14(11-17)8-9-15(16)19-12-13-6-4-3-5-7-13/h8-10,13H,2-7,12H2,1H3. The van der Waals surface area contributed by atoms with Gasteiger partial charge < -0.3 is 9.47 Å². The van der Waals surface area contributed by atoms with Crippen molar-refractivity contribution >= 4 is 0 Å². The Hall–Kier alpha value is -1.69. The van der Waals surface area contributed by atoms with Crippen molar-refractivity contribution in [3.63, 3.8) is 0 Å². The summed E-state index contributed by atoms with van der Waals surface area (Å²) in [5.74, 6) is 2.10. The normalized spacial score (nSPS) is 15.8. The lowest BCUT2D eigenvalue weighted by atomic mass is 9.90. The van der Waals surface area contributed by atoms with Gasteiger partial charge >= 0.3 is 0 Å². The smallest absolute Gasteiger partial charge is 0.162 e. The maximum absolute atomic E-state index is 8.91. The summed E-state index contributed by atoms with van der Waals surface area (Å²) in [6.07, 6.45) is 6.53. The Labute approximate surface area is 115 Å². The van der Waals surface area contributed by atoms with Gasteiger partial charge in [-0.1, -0.05) is 19.3 Å². The summed E-state index contributed by atoms with van der Waals surface area (Å²) in [5, 5.41) is 8.91. The van der Waals surface area contributed by atoms with E-state index in [0.29, 0.717) is 23.8 Å². The lowest BCUT2D eigenvalue weighted by Crippen LogP contribution is -2.15. The highest BCUT2D eigenvalue weighted by atomic mass is 16.5. The van der Waals surface area contributed by atoms with Crippen molar-refractivity contribution in [3.8, 4) is 17.6 Å². The van der Waals surface area contributed by atoms with E-state index in [2.05, 4.69) is 6.07 Å². The molecule has 0 amide bonds. The number of nitriles is 1. The van der Waals surface area contributed by atoms with Crippen LogP contribution in [-0.2, 0) is 0 Å². The minimum absolute atomic E-state index is 0.578. The molecular weight excluding hydrogens is 238 g/mol. The van der Waals surface area contributed by atoms with Crippen LogP contribution in [0.25, 0.3) is 0 Å². The highest BCUT2D eigenvalue weighted by Crippen LogP contribution is 2.30. The molecule has 0 spiro atoms. The van der Waals surface area contributed by atoms with Gasteiger partial charge in [0.1, 0.15) is 0 Å². The van der Waals surface area contributed by atoms with Gasteiger partial charge in [-0.15, -0.1) is 0 Å². The van der Waals surface area contributed by atoms with Crippen LogP contribution in [0.4, 0.5) is 0 Å². The molecule has 0 N–H and O–H groups in total. The van der Waals surface area contributed by atoms with E-state index in [1.54, 1.807) is 12.1 Å². The lowest BCUT2D eigenvalue weighted by Gasteiger charge is -2.22. The van der Waals surface area contributed by atoms with E-state index in [1.165, 1.54) is 32.1 Å².